The second-order valence-electron chi connectivity index (χ2n) is 4.78. The van der Waals surface area contributed by atoms with E-state index in [2.05, 4.69) is 20.7 Å². The molecule has 0 aliphatic heterocycles. The fourth-order valence-corrected chi connectivity index (χ4v) is 5.46. The zero-order valence-electron chi connectivity index (χ0n) is 10.1. The van der Waals surface area contributed by atoms with E-state index in [-0.39, 0.29) is 10.8 Å². The van der Waals surface area contributed by atoms with E-state index in [0.29, 0.717) is 12.8 Å². The third-order valence-electron chi connectivity index (χ3n) is 3.22. The lowest BCUT2D eigenvalue weighted by Gasteiger charge is -2.21. The fourth-order valence-electron chi connectivity index (χ4n) is 2.07. The molecule has 1 heterocycles. The van der Waals surface area contributed by atoms with Crippen LogP contribution in [0, 0.1) is 6.92 Å². The number of aryl methyl sites for hydroxylation is 1. The van der Waals surface area contributed by atoms with Crippen molar-refractivity contribution in [1.82, 2.24) is 4.72 Å². The Labute approximate surface area is 120 Å². The zero-order valence-corrected chi connectivity index (χ0v) is 13.3. The third-order valence-corrected chi connectivity index (χ3v) is 7.24. The Morgan fingerprint density at radius 2 is 2.11 bits per heavy atom. The number of hydrogen-bond acceptors (Lipinski definition) is 4. The van der Waals surface area contributed by atoms with Crippen LogP contribution in [0.15, 0.2) is 14.1 Å². The highest BCUT2D eigenvalue weighted by Crippen LogP contribution is 2.32. The molecule has 0 bridgehead atoms. The molecule has 1 aliphatic carbocycles. The molecule has 1 aliphatic rings. The largest absolute Gasteiger partial charge is 0.389 e. The predicted octanol–water partition coefficient (Wildman–Crippen LogP) is 2.40. The van der Waals surface area contributed by atoms with Gasteiger partial charge in [0.1, 0.15) is 4.21 Å². The van der Waals surface area contributed by atoms with Gasteiger partial charge in [0.25, 0.3) is 0 Å². The first kappa shape index (κ1) is 14.5. The van der Waals surface area contributed by atoms with Crippen molar-refractivity contribution >= 4 is 37.3 Å². The summed E-state index contributed by atoms with van der Waals surface area (Å²) >= 11 is 4.50. The van der Waals surface area contributed by atoms with Crippen LogP contribution < -0.4 is 4.72 Å². The van der Waals surface area contributed by atoms with Crippen LogP contribution in [0.25, 0.3) is 0 Å². The SMILES string of the molecule is Cc1cc(S(=O)(=O)NCC2(O)CCCC2)sc1Br. The van der Waals surface area contributed by atoms with E-state index in [1.807, 2.05) is 6.92 Å². The van der Waals surface area contributed by atoms with Crippen LogP contribution >= 0.6 is 27.3 Å². The number of nitrogens with one attached hydrogen (secondary N) is 1. The van der Waals surface area contributed by atoms with Gasteiger partial charge in [-0.25, -0.2) is 13.1 Å². The first-order valence-electron chi connectivity index (χ1n) is 5.80. The fraction of sp³-hybridized carbons (Fsp3) is 0.636. The van der Waals surface area contributed by atoms with E-state index in [4.69, 9.17) is 0 Å². The molecular weight excluding hydrogens is 338 g/mol. The molecule has 1 saturated carbocycles. The quantitative estimate of drug-likeness (QED) is 0.873. The second-order valence-corrected chi connectivity index (χ2v) is 9.14. The van der Waals surface area contributed by atoms with E-state index >= 15 is 0 Å². The highest BCUT2D eigenvalue weighted by molar-refractivity contribution is 9.11. The molecular formula is C11H16BrNO3S2. The Kier molecular flexibility index (Phi) is 4.18. The standard InChI is InChI=1S/C11H16BrNO3S2/c1-8-6-9(17-10(8)12)18(15,16)13-7-11(14)4-2-3-5-11/h6,13-14H,2-5,7H2,1H3. The normalized spacial score (nSPS) is 19.3. The van der Waals surface area contributed by atoms with Crippen molar-refractivity contribution in [3.05, 3.63) is 15.4 Å². The van der Waals surface area contributed by atoms with Crippen LogP contribution in [0.3, 0.4) is 0 Å². The van der Waals surface area contributed by atoms with Crippen molar-refractivity contribution < 1.29 is 13.5 Å². The maximum absolute atomic E-state index is 12.1. The average molecular weight is 354 g/mol. The van der Waals surface area contributed by atoms with Crippen molar-refractivity contribution in [1.29, 1.82) is 0 Å². The van der Waals surface area contributed by atoms with Crippen LogP contribution in [0.4, 0.5) is 0 Å². The van der Waals surface area contributed by atoms with Gasteiger partial charge < -0.3 is 5.11 Å². The van der Waals surface area contributed by atoms with Crippen molar-refractivity contribution in [2.45, 2.75) is 42.4 Å². The molecule has 0 aromatic carbocycles. The van der Waals surface area contributed by atoms with E-state index in [1.165, 1.54) is 11.3 Å². The lowest BCUT2D eigenvalue weighted by Crippen LogP contribution is -2.40. The summed E-state index contributed by atoms with van der Waals surface area (Å²) in [5, 5.41) is 10.1. The van der Waals surface area contributed by atoms with Gasteiger partial charge in [-0.15, -0.1) is 11.3 Å². The van der Waals surface area contributed by atoms with Gasteiger partial charge in [-0.05, 0) is 47.3 Å². The molecule has 0 amide bonds. The number of thiophene rings is 1. The molecule has 0 radical (unpaired) electrons. The molecule has 2 N–H and O–H groups in total. The van der Waals surface area contributed by atoms with Gasteiger partial charge in [0.05, 0.1) is 9.39 Å². The topological polar surface area (TPSA) is 66.4 Å². The molecule has 0 unspecified atom stereocenters. The predicted molar refractivity (Wildman–Crippen MR) is 75.4 cm³/mol. The number of sulfonamides is 1. The lowest BCUT2D eigenvalue weighted by atomic mass is 10.0. The van der Waals surface area contributed by atoms with Crippen molar-refractivity contribution in [3.63, 3.8) is 0 Å². The summed E-state index contributed by atoms with van der Waals surface area (Å²) in [4.78, 5) is 0. The number of halogens is 1. The zero-order chi connectivity index (χ0) is 13.4. The molecule has 1 fully saturated rings. The number of rotatable bonds is 4. The molecule has 0 atom stereocenters. The Morgan fingerprint density at radius 3 is 2.61 bits per heavy atom. The van der Waals surface area contributed by atoms with Gasteiger partial charge in [0.2, 0.25) is 10.0 Å². The van der Waals surface area contributed by atoms with Gasteiger partial charge in [-0.3, -0.25) is 0 Å². The van der Waals surface area contributed by atoms with Crippen LogP contribution in [-0.4, -0.2) is 25.7 Å². The molecule has 0 saturated heterocycles. The minimum Gasteiger partial charge on any atom is -0.389 e. The molecule has 1 aromatic heterocycles. The van der Waals surface area contributed by atoms with E-state index in [0.717, 1.165) is 22.2 Å². The Morgan fingerprint density at radius 1 is 1.50 bits per heavy atom. The van der Waals surface area contributed by atoms with Gasteiger partial charge >= 0.3 is 0 Å². The first-order valence-corrected chi connectivity index (χ1v) is 8.90. The average Bonchev–Trinajstić information content (AvgIpc) is 2.86. The van der Waals surface area contributed by atoms with Crippen molar-refractivity contribution in [2.24, 2.45) is 0 Å². The Bertz CT molecular complexity index is 513. The van der Waals surface area contributed by atoms with Crippen LogP contribution in [0.5, 0.6) is 0 Å². The molecule has 0 spiro atoms. The van der Waals surface area contributed by atoms with Gasteiger partial charge in [0, 0.05) is 6.54 Å². The maximum Gasteiger partial charge on any atom is 0.250 e. The lowest BCUT2D eigenvalue weighted by molar-refractivity contribution is 0.0532. The third kappa shape index (κ3) is 3.14. The summed E-state index contributed by atoms with van der Waals surface area (Å²) < 4.78 is 27.7. The molecule has 102 valence electrons. The second kappa shape index (κ2) is 5.20. The van der Waals surface area contributed by atoms with Crippen LogP contribution in [-0.2, 0) is 10.0 Å². The summed E-state index contributed by atoms with van der Waals surface area (Å²) in [7, 11) is -3.51. The smallest absolute Gasteiger partial charge is 0.250 e. The van der Waals surface area contributed by atoms with Crippen molar-refractivity contribution in [3.8, 4) is 0 Å². The van der Waals surface area contributed by atoms with E-state index < -0.39 is 15.6 Å². The van der Waals surface area contributed by atoms with Gasteiger partial charge in [-0.2, -0.15) is 0 Å². The summed E-state index contributed by atoms with van der Waals surface area (Å²) in [6.07, 6.45) is 3.26. The van der Waals surface area contributed by atoms with Crippen LogP contribution in [0.2, 0.25) is 0 Å². The highest BCUT2D eigenvalue weighted by Gasteiger charge is 2.32. The molecule has 18 heavy (non-hydrogen) atoms. The summed E-state index contributed by atoms with van der Waals surface area (Å²) in [6.45, 7) is 1.95. The van der Waals surface area contributed by atoms with E-state index in [1.54, 1.807) is 6.07 Å². The van der Waals surface area contributed by atoms with E-state index in [9.17, 15) is 13.5 Å². The number of hydrogen-bond donors (Lipinski definition) is 2. The first-order chi connectivity index (χ1) is 8.32. The maximum atomic E-state index is 12.1. The molecule has 7 heteroatoms. The van der Waals surface area contributed by atoms with Gasteiger partial charge in [0.15, 0.2) is 0 Å². The van der Waals surface area contributed by atoms with Crippen molar-refractivity contribution in [2.75, 3.05) is 6.54 Å². The molecule has 2 rings (SSSR count). The summed E-state index contributed by atoms with van der Waals surface area (Å²) in [6, 6.07) is 1.63. The Hall–Kier alpha value is 0.0500. The monoisotopic (exact) mass is 353 g/mol. The minimum atomic E-state index is -3.51. The van der Waals surface area contributed by atoms with Crippen LogP contribution in [0.1, 0.15) is 31.2 Å². The Balaban J connectivity index is 2.08. The molecule has 4 nitrogen and oxygen atoms in total. The molecule has 1 aromatic rings. The minimum absolute atomic E-state index is 0.101. The van der Waals surface area contributed by atoms with Gasteiger partial charge in [-0.1, -0.05) is 12.8 Å². The highest BCUT2D eigenvalue weighted by atomic mass is 79.9. The summed E-state index contributed by atoms with van der Waals surface area (Å²) in [5.74, 6) is 0. The number of aliphatic hydroxyl groups is 1. The summed E-state index contributed by atoms with van der Waals surface area (Å²) in [5.41, 5.74) is 0.0383.